The average molecular weight is 219 g/mol. The Labute approximate surface area is 86.7 Å². The quantitative estimate of drug-likeness (QED) is 0.503. The number of hydrogen-bond donors (Lipinski definition) is 1. The second-order valence-electron chi connectivity index (χ2n) is 2.49. The van der Waals surface area contributed by atoms with Gasteiger partial charge in [0, 0.05) is 0 Å². The van der Waals surface area contributed by atoms with Gasteiger partial charge in [0.15, 0.2) is 0 Å². The lowest BCUT2D eigenvalue weighted by Gasteiger charge is -2.13. The molecule has 0 rings (SSSR count). The van der Waals surface area contributed by atoms with Crippen LogP contribution < -0.4 is 5.32 Å². The van der Waals surface area contributed by atoms with E-state index in [4.69, 9.17) is 0 Å². The van der Waals surface area contributed by atoms with E-state index in [-0.39, 0.29) is 6.42 Å². The SMILES string of the molecule is COC(=O)CC(NC(=O)OC)C(=O)OC. The zero-order valence-electron chi connectivity index (χ0n) is 8.73. The van der Waals surface area contributed by atoms with E-state index in [0.717, 1.165) is 14.2 Å². The molecule has 0 aromatic heterocycles. The van der Waals surface area contributed by atoms with Crippen LogP contribution in [0, 0.1) is 0 Å². The normalized spacial score (nSPS) is 11.1. The highest BCUT2D eigenvalue weighted by Gasteiger charge is 2.25. The molecule has 7 nitrogen and oxygen atoms in total. The van der Waals surface area contributed by atoms with Crippen molar-refractivity contribution in [2.45, 2.75) is 12.5 Å². The molecule has 0 saturated heterocycles. The molecule has 0 heterocycles. The molecule has 1 unspecified atom stereocenters. The van der Waals surface area contributed by atoms with E-state index >= 15 is 0 Å². The van der Waals surface area contributed by atoms with Crippen molar-refractivity contribution < 1.29 is 28.6 Å². The van der Waals surface area contributed by atoms with Gasteiger partial charge in [-0.05, 0) is 0 Å². The first-order valence-electron chi connectivity index (χ1n) is 4.04. The van der Waals surface area contributed by atoms with Crippen molar-refractivity contribution in [3.63, 3.8) is 0 Å². The third kappa shape index (κ3) is 4.84. The maximum atomic E-state index is 11.1. The first-order valence-corrected chi connectivity index (χ1v) is 4.04. The van der Waals surface area contributed by atoms with Crippen LogP contribution in [-0.4, -0.2) is 45.4 Å². The Balaban J connectivity index is 4.37. The van der Waals surface area contributed by atoms with Crippen LogP contribution in [-0.2, 0) is 23.8 Å². The van der Waals surface area contributed by atoms with Crippen LogP contribution in [0.2, 0.25) is 0 Å². The summed E-state index contributed by atoms with van der Waals surface area (Å²) in [4.78, 5) is 32.8. The highest BCUT2D eigenvalue weighted by Crippen LogP contribution is 1.97. The van der Waals surface area contributed by atoms with E-state index in [0.29, 0.717) is 0 Å². The van der Waals surface area contributed by atoms with Gasteiger partial charge in [0.1, 0.15) is 6.04 Å². The van der Waals surface area contributed by atoms with Crippen molar-refractivity contribution in [2.75, 3.05) is 21.3 Å². The number of hydrogen-bond acceptors (Lipinski definition) is 6. The monoisotopic (exact) mass is 219 g/mol. The number of amides is 1. The molecule has 15 heavy (non-hydrogen) atoms. The fourth-order valence-electron chi connectivity index (χ4n) is 0.787. The number of nitrogens with one attached hydrogen (secondary N) is 1. The van der Waals surface area contributed by atoms with Gasteiger partial charge in [0.2, 0.25) is 0 Å². The van der Waals surface area contributed by atoms with E-state index in [9.17, 15) is 14.4 Å². The maximum Gasteiger partial charge on any atom is 0.407 e. The van der Waals surface area contributed by atoms with E-state index < -0.39 is 24.1 Å². The van der Waals surface area contributed by atoms with Crippen LogP contribution in [0.25, 0.3) is 0 Å². The molecule has 1 amide bonds. The van der Waals surface area contributed by atoms with Gasteiger partial charge in [-0.25, -0.2) is 9.59 Å². The number of alkyl carbamates (subject to hydrolysis) is 1. The third-order valence-electron chi connectivity index (χ3n) is 1.56. The molecular formula is C8H13NO6. The molecule has 0 spiro atoms. The molecule has 1 atom stereocenters. The number of carbonyl (C=O) groups excluding carboxylic acids is 3. The summed E-state index contributed by atoms with van der Waals surface area (Å²) in [7, 11) is 3.46. The summed E-state index contributed by atoms with van der Waals surface area (Å²) in [6.07, 6.45) is -1.13. The smallest absolute Gasteiger partial charge is 0.407 e. The van der Waals surface area contributed by atoms with Crippen LogP contribution in [0.15, 0.2) is 0 Å². The molecule has 1 N–H and O–H groups in total. The van der Waals surface area contributed by atoms with Gasteiger partial charge >= 0.3 is 18.0 Å². The molecular weight excluding hydrogens is 206 g/mol. The van der Waals surface area contributed by atoms with Gasteiger partial charge in [-0.2, -0.15) is 0 Å². The summed E-state index contributed by atoms with van der Waals surface area (Å²) in [6.45, 7) is 0. The molecule has 7 heteroatoms. The maximum absolute atomic E-state index is 11.1. The van der Waals surface area contributed by atoms with E-state index in [1.807, 2.05) is 0 Å². The topological polar surface area (TPSA) is 90.9 Å². The van der Waals surface area contributed by atoms with Crippen molar-refractivity contribution in [3.8, 4) is 0 Å². The standard InChI is InChI=1S/C8H13NO6/c1-13-6(10)4-5(7(11)14-2)9-8(12)15-3/h5H,4H2,1-3H3,(H,9,12). The Bertz CT molecular complexity index is 234. The lowest BCUT2D eigenvalue weighted by atomic mass is 10.2. The third-order valence-corrected chi connectivity index (χ3v) is 1.56. The predicted molar refractivity (Wildman–Crippen MR) is 48.0 cm³/mol. The number of carbonyl (C=O) groups is 3. The lowest BCUT2D eigenvalue weighted by Crippen LogP contribution is -2.43. The Morgan fingerprint density at radius 1 is 1.07 bits per heavy atom. The molecule has 0 saturated carbocycles. The molecule has 0 fully saturated rings. The van der Waals surface area contributed by atoms with Crippen molar-refractivity contribution >= 4 is 18.0 Å². The fraction of sp³-hybridized carbons (Fsp3) is 0.625. The van der Waals surface area contributed by atoms with Crippen LogP contribution in [0.5, 0.6) is 0 Å². The molecule has 0 aliphatic heterocycles. The zero-order valence-corrected chi connectivity index (χ0v) is 8.73. The van der Waals surface area contributed by atoms with Crippen LogP contribution in [0.4, 0.5) is 4.79 Å². The van der Waals surface area contributed by atoms with Crippen LogP contribution in [0.3, 0.4) is 0 Å². The number of esters is 2. The van der Waals surface area contributed by atoms with Gasteiger partial charge in [-0.3, -0.25) is 4.79 Å². The molecule has 0 aliphatic rings. The summed E-state index contributed by atoms with van der Waals surface area (Å²) in [5.74, 6) is -1.38. The molecule has 0 aromatic rings. The van der Waals surface area contributed by atoms with Gasteiger partial charge in [-0.15, -0.1) is 0 Å². The Morgan fingerprint density at radius 3 is 2.07 bits per heavy atom. The second-order valence-corrected chi connectivity index (χ2v) is 2.49. The largest absolute Gasteiger partial charge is 0.469 e. The molecule has 0 aromatic carbocycles. The summed E-state index contributed by atoms with van der Waals surface area (Å²) < 4.78 is 13.0. The Kier molecular flexibility index (Phi) is 5.84. The Morgan fingerprint density at radius 2 is 1.67 bits per heavy atom. The van der Waals surface area contributed by atoms with Crippen LogP contribution >= 0.6 is 0 Å². The highest BCUT2D eigenvalue weighted by molar-refractivity contribution is 5.86. The van der Waals surface area contributed by atoms with Gasteiger partial charge < -0.3 is 19.5 Å². The first-order chi connectivity index (χ1) is 7.04. The van der Waals surface area contributed by atoms with Crippen molar-refractivity contribution in [1.29, 1.82) is 0 Å². The van der Waals surface area contributed by atoms with E-state index in [2.05, 4.69) is 19.5 Å². The summed E-state index contributed by atoms with van der Waals surface area (Å²) in [5, 5.41) is 2.15. The average Bonchev–Trinajstić information content (AvgIpc) is 2.26. The summed E-state index contributed by atoms with van der Waals surface area (Å²) in [5.41, 5.74) is 0. The fourth-order valence-corrected chi connectivity index (χ4v) is 0.787. The van der Waals surface area contributed by atoms with Crippen molar-refractivity contribution in [3.05, 3.63) is 0 Å². The number of methoxy groups -OCH3 is 3. The minimum atomic E-state index is -1.10. The van der Waals surface area contributed by atoms with Crippen molar-refractivity contribution in [1.82, 2.24) is 5.32 Å². The zero-order chi connectivity index (χ0) is 11.8. The van der Waals surface area contributed by atoms with E-state index in [1.54, 1.807) is 0 Å². The molecule has 0 bridgehead atoms. The van der Waals surface area contributed by atoms with E-state index in [1.165, 1.54) is 7.11 Å². The predicted octanol–water partition coefficient (Wildman–Crippen LogP) is -0.553. The molecule has 0 radical (unpaired) electrons. The summed E-state index contributed by atoms with van der Waals surface area (Å²) >= 11 is 0. The van der Waals surface area contributed by atoms with Gasteiger partial charge in [0.25, 0.3) is 0 Å². The first kappa shape index (κ1) is 13.2. The Hall–Kier alpha value is -1.79. The van der Waals surface area contributed by atoms with Crippen molar-refractivity contribution in [2.24, 2.45) is 0 Å². The summed E-state index contributed by atoms with van der Waals surface area (Å²) in [6, 6.07) is -1.10. The molecule has 86 valence electrons. The number of rotatable bonds is 4. The minimum absolute atomic E-state index is 0.307. The van der Waals surface area contributed by atoms with Gasteiger partial charge in [-0.1, -0.05) is 0 Å². The second kappa shape index (κ2) is 6.63. The number of ether oxygens (including phenoxy) is 3. The van der Waals surface area contributed by atoms with Gasteiger partial charge in [0.05, 0.1) is 27.8 Å². The minimum Gasteiger partial charge on any atom is -0.469 e. The highest BCUT2D eigenvalue weighted by atomic mass is 16.5. The molecule has 0 aliphatic carbocycles. The lowest BCUT2D eigenvalue weighted by molar-refractivity contribution is -0.149. The van der Waals surface area contributed by atoms with Crippen LogP contribution in [0.1, 0.15) is 6.42 Å².